The molecule has 0 aliphatic heterocycles. The molecule has 0 unspecified atom stereocenters. The third-order valence-corrected chi connectivity index (χ3v) is 5.33. The Morgan fingerprint density at radius 2 is 1.64 bits per heavy atom. The fourth-order valence-corrected chi connectivity index (χ4v) is 3.54. The molecule has 5 heteroatoms. The molecule has 0 saturated heterocycles. The summed E-state index contributed by atoms with van der Waals surface area (Å²) >= 11 is 3.43. The fraction of sp³-hybridized carbons (Fsp3) is 0.588. The van der Waals surface area contributed by atoms with Crippen molar-refractivity contribution in [3.63, 3.8) is 0 Å². The molecular weight excluding hydrogens is 346 g/mol. The summed E-state index contributed by atoms with van der Waals surface area (Å²) in [4.78, 5) is 14.6. The number of halogens is 1. The van der Waals surface area contributed by atoms with Gasteiger partial charge in [0, 0.05) is 18.7 Å². The highest BCUT2D eigenvalue weighted by Crippen LogP contribution is 2.36. The van der Waals surface area contributed by atoms with Crippen LogP contribution in [0.15, 0.2) is 16.6 Å². The van der Waals surface area contributed by atoms with Crippen LogP contribution in [0.25, 0.3) is 0 Å². The van der Waals surface area contributed by atoms with Crippen molar-refractivity contribution in [3.05, 3.63) is 22.2 Å². The summed E-state index contributed by atoms with van der Waals surface area (Å²) in [7, 11) is 5.06. The number of rotatable bonds is 4. The number of ether oxygens (including phenoxy) is 2. The van der Waals surface area contributed by atoms with E-state index in [1.807, 2.05) is 11.9 Å². The largest absolute Gasteiger partial charge is 0.495 e. The van der Waals surface area contributed by atoms with Gasteiger partial charge in [-0.25, -0.2) is 0 Å². The summed E-state index contributed by atoms with van der Waals surface area (Å²) in [5.41, 5.74) is 0.595. The van der Waals surface area contributed by atoms with Crippen LogP contribution in [0, 0.1) is 5.92 Å². The van der Waals surface area contributed by atoms with Gasteiger partial charge in [-0.3, -0.25) is 4.79 Å². The monoisotopic (exact) mass is 369 g/mol. The number of hydrogen-bond acceptors (Lipinski definition) is 3. The Kier molecular flexibility index (Phi) is 5.73. The van der Waals surface area contributed by atoms with E-state index in [1.54, 1.807) is 26.4 Å². The minimum absolute atomic E-state index is 0.0173. The second-order valence-electron chi connectivity index (χ2n) is 6.02. The van der Waals surface area contributed by atoms with Crippen molar-refractivity contribution in [2.45, 2.75) is 38.6 Å². The number of nitrogens with zero attached hydrogens (tertiary/aromatic N) is 1. The van der Waals surface area contributed by atoms with Gasteiger partial charge in [0.25, 0.3) is 5.91 Å². The molecule has 0 radical (unpaired) electrons. The van der Waals surface area contributed by atoms with Crippen LogP contribution in [0.1, 0.15) is 43.0 Å². The molecule has 0 N–H and O–H groups in total. The zero-order valence-corrected chi connectivity index (χ0v) is 15.3. The number of carbonyl (C=O) groups is 1. The molecular formula is C17H24BrNO3. The third-order valence-electron chi connectivity index (χ3n) is 4.55. The van der Waals surface area contributed by atoms with Gasteiger partial charge in [-0.15, -0.1) is 0 Å². The number of carbonyl (C=O) groups excluding carboxylic acids is 1. The van der Waals surface area contributed by atoms with Crippen molar-refractivity contribution in [3.8, 4) is 11.5 Å². The minimum atomic E-state index is 0.0173. The molecule has 1 aromatic carbocycles. The number of benzene rings is 1. The predicted octanol–water partition coefficient (Wildman–Crippen LogP) is 4.12. The normalized spacial score (nSPS) is 21.3. The first kappa shape index (κ1) is 17.1. The van der Waals surface area contributed by atoms with E-state index in [0.29, 0.717) is 23.1 Å². The average Bonchev–Trinajstić information content (AvgIpc) is 2.54. The quantitative estimate of drug-likeness (QED) is 0.801. The zero-order valence-electron chi connectivity index (χ0n) is 13.7. The van der Waals surface area contributed by atoms with Crippen LogP contribution in [-0.2, 0) is 0 Å². The van der Waals surface area contributed by atoms with Crippen molar-refractivity contribution in [2.24, 2.45) is 5.92 Å². The van der Waals surface area contributed by atoms with E-state index >= 15 is 0 Å². The second kappa shape index (κ2) is 7.36. The van der Waals surface area contributed by atoms with Gasteiger partial charge in [0.15, 0.2) is 0 Å². The molecule has 0 heterocycles. The van der Waals surface area contributed by atoms with E-state index in [1.165, 1.54) is 12.8 Å². The number of amides is 1. The van der Waals surface area contributed by atoms with Crippen LogP contribution in [0.3, 0.4) is 0 Å². The fourth-order valence-electron chi connectivity index (χ4n) is 2.99. The van der Waals surface area contributed by atoms with Gasteiger partial charge in [-0.2, -0.15) is 0 Å². The Bertz CT molecular complexity index is 514. The van der Waals surface area contributed by atoms with E-state index < -0.39 is 0 Å². The Morgan fingerprint density at radius 3 is 2.09 bits per heavy atom. The summed E-state index contributed by atoms with van der Waals surface area (Å²) in [6.07, 6.45) is 4.53. The summed E-state index contributed by atoms with van der Waals surface area (Å²) in [5, 5.41) is 0. The van der Waals surface area contributed by atoms with Crippen LogP contribution in [0.4, 0.5) is 0 Å². The van der Waals surface area contributed by atoms with Crippen molar-refractivity contribution in [1.29, 1.82) is 0 Å². The second-order valence-corrected chi connectivity index (χ2v) is 6.82. The maximum atomic E-state index is 12.8. The van der Waals surface area contributed by atoms with Crippen molar-refractivity contribution < 1.29 is 14.3 Å². The minimum Gasteiger partial charge on any atom is -0.495 e. The first-order valence-corrected chi connectivity index (χ1v) is 8.45. The molecule has 4 nitrogen and oxygen atoms in total. The SMILES string of the molecule is COc1cc(C(=O)N(C)C2CCC(C)CC2)cc(OC)c1Br. The van der Waals surface area contributed by atoms with Crippen molar-refractivity contribution in [2.75, 3.05) is 21.3 Å². The smallest absolute Gasteiger partial charge is 0.254 e. The standard InChI is InChI=1S/C17H24BrNO3/c1-11-5-7-13(8-6-11)19(2)17(20)12-9-14(21-3)16(18)15(10-12)22-4/h9-11,13H,5-8H2,1-4H3. The van der Waals surface area contributed by atoms with E-state index in [2.05, 4.69) is 22.9 Å². The highest BCUT2D eigenvalue weighted by Gasteiger charge is 2.26. The average molecular weight is 370 g/mol. The summed E-state index contributed by atoms with van der Waals surface area (Å²) < 4.78 is 11.4. The first-order valence-electron chi connectivity index (χ1n) is 7.66. The lowest BCUT2D eigenvalue weighted by molar-refractivity contribution is 0.0678. The van der Waals surface area contributed by atoms with Crippen molar-refractivity contribution >= 4 is 21.8 Å². The van der Waals surface area contributed by atoms with Gasteiger partial charge in [-0.05, 0) is 59.7 Å². The summed E-state index contributed by atoms with van der Waals surface area (Å²) in [5.74, 6) is 2.00. The van der Waals surface area contributed by atoms with Gasteiger partial charge in [0.1, 0.15) is 16.0 Å². The van der Waals surface area contributed by atoms with E-state index in [4.69, 9.17) is 9.47 Å². The molecule has 1 saturated carbocycles. The molecule has 0 spiro atoms. The van der Waals surface area contributed by atoms with E-state index in [0.717, 1.165) is 23.2 Å². The van der Waals surface area contributed by atoms with Gasteiger partial charge in [-0.1, -0.05) is 6.92 Å². The Morgan fingerprint density at radius 1 is 1.14 bits per heavy atom. The Balaban J connectivity index is 2.21. The first-order chi connectivity index (χ1) is 10.5. The molecule has 2 rings (SSSR count). The zero-order chi connectivity index (χ0) is 16.3. The van der Waals surface area contributed by atoms with Gasteiger partial charge >= 0.3 is 0 Å². The predicted molar refractivity (Wildman–Crippen MR) is 90.8 cm³/mol. The summed E-state index contributed by atoms with van der Waals surface area (Å²) in [6, 6.07) is 3.85. The lowest BCUT2D eigenvalue weighted by Crippen LogP contribution is -2.39. The summed E-state index contributed by atoms with van der Waals surface area (Å²) in [6.45, 7) is 2.28. The lowest BCUT2D eigenvalue weighted by Gasteiger charge is -2.33. The Hall–Kier alpha value is -1.23. The molecule has 122 valence electrons. The lowest BCUT2D eigenvalue weighted by atomic mass is 9.86. The Labute approximate surface area is 140 Å². The van der Waals surface area contributed by atoms with Crippen LogP contribution in [0.5, 0.6) is 11.5 Å². The van der Waals surface area contributed by atoms with E-state index in [-0.39, 0.29) is 5.91 Å². The number of methoxy groups -OCH3 is 2. The topological polar surface area (TPSA) is 38.8 Å². The molecule has 1 aliphatic carbocycles. The molecule has 1 aliphatic rings. The van der Waals surface area contributed by atoms with Gasteiger partial charge in [0.05, 0.1) is 14.2 Å². The highest BCUT2D eigenvalue weighted by molar-refractivity contribution is 9.10. The van der Waals surface area contributed by atoms with Crippen LogP contribution in [0.2, 0.25) is 0 Å². The van der Waals surface area contributed by atoms with Crippen molar-refractivity contribution in [1.82, 2.24) is 4.90 Å². The van der Waals surface area contributed by atoms with Crippen LogP contribution in [-0.4, -0.2) is 38.1 Å². The molecule has 0 atom stereocenters. The highest BCUT2D eigenvalue weighted by atomic mass is 79.9. The molecule has 1 fully saturated rings. The third kappa shape index (κ3) is 3.57. The molecule has 0 bridgehead atoms. The maximum absolute atomic E-state index is 12.8. The molecule has 1 amide bonds. The molecule has 22 heavy (non-hydrogen) atoms. The molecule has 0 aromatic heterocycles. The van der Waals surface area contributed by atoms with Gasteiger partial charge < -0.3 is 14.4 Å². The van der Waals surface area contributed by atoms with Crippen LogP contribution >= 0.6 is 15.9 Å². The molecule has 1 aromatic rings. The maximum Gasteiger partial charge on any atom is 0.254 e. The number of hydrogen-bond donors (Lipinski definition) is 0. The van der Waals surface area contributed by atoms with Crippen LogP contribution < -0.4 is 9.47 Å². The van der Waals surface area contributed by atoms with E-state index in [9.17, 15) is 4.79 Å². The van der Waals surface area contributed by atoms with Gasteiger partial charge in [0.2, 0.25) is 0 Å².